The largest absolute Gasteiger partial charge is 0.444 e. The maximum atomic E-state index is 12.4. The van der Waals surface area contributed by atoms with E-state index >= 15 is 0 Å². The lowest BCUT2D eigenvalue weighted by Crippen LogP contribution is -2.58. The number of rotatable bonds is 6. The lowest BCUT2D eigenvalue weighted by molar-refractivity contribution is -0.0131. The Morgan fingerprint density at radius 3 is 3.03 bits per heavy atom. The van der Waals surface area contributed by atoms with Crippen LogP contribution in [0.1, 0.15) is 44.2 Å². The van der Waals surface area contributed by atoms with E-state index in [1.54, 1.807) is 28.9 Å². The molecular weight excluding hydrogens is 414 g/mol. The van der Waals surface area contributed by atoms with E-state index in [1.165, 1.54) is 0 Å². The van der Waals surface area contributed by atoms with Gasteiger partial charge in [0.2, 0.25) is 0 Å². The van der Waals surface area contributed by atoms with Gasteiger partial charge in [0.15, 0.2) is 11.6 Å². The maximum absolute atomic E-state index is 12.4. The van der Waals surface area contributed by atoms with Gasteiger partial charge in [0, 0.05) is 44.1 Å². The Bertz CT molecular complexity index is 1120. The number of carbonyl (C=O) groups excluding carboxylic acids is 1. The Morgan fingerprint density at radius 1 is 1.41 bits per heavy atom. The number of nitrogens with zero attached hydrogens (tertiary/aromatic N) is 5. The van der Waals surface area contributed by atoms with Crippen molar-refractivity contribution in [1.82, 2.24) is 29.7 Å². The van der Waals surface area contributed by atoms with Gasteiger partial charge in [0.1, 0.15) is 17.7 Å². The summed E-state index contributed by atoms with van der Waals surface area (Å²) in [6.07, 6.45) is 4.27. The standard InChI is InChI=1S/C21H27N7O4/c1-21(2)4-6-27(21)20(29)32-14-9-17(31-12-14)15-10-18(25-24-15)23-19-16-8-13(11-30-3)26-28(16)7-5-22-19/h5,7-8,10,14,17H,4,6,9,11-12H2,1-3H3,(H2,22,23,24,25). The third kappa shape index (κ3) is 3.89. The molecule has 0 bridgehead atoms. The molecule has 0 radical (unpaired) electrons. The zero-order valence-electron chi connectivity index (χ0n) is 18.4. The third-order valence-electron chi connectivity index (χ3n) is 6.05. The summed E-state index contributed by atoms with van der Waals surface area (Å²) < 4.78 is 18.4. The Morgan fingerprint density at radius 2 is 2.28 bits per heavy atom. The van der Waals surface area contributed by atoms with E-state index in [0.717, 1.165) is 29.9 Å². The quantitative estimate of drug-likeness (QED) is 0.599. The number of methoxy groups -OCH3 is 1. The van der Waals surface area contributed by atoms with Crippen LogP contribution in [0, 0.1) is 0 Å². The SMILES string of the molecule is COCc1cc2c(Nc3cc(C4CC(OC(=O)N5CCC5(C)C)CO4)[nH]n3)nccn2n1. The number of aromatic amines is 1. The molecule has 0 saturated carbocycles. The molecular formula is C21H27N7O4. The molecule has 11 heteroatoms. The third-order valence-corrected chi connectivity index (χ3v) is 6.05. The molecule has 5 heterocycles. The lowest BCUT2D eigenvalue weighted by Gasteiger charge is -2.47. The monoisotopic (exact) mass is 441 g/mol. The van der Waals surface area contributed by atoms with Gasteiger partial charge in [-0.05, 0) is 26.3 Å². The topological polar surface area (TPSA) is 119 Å². The number of nitrogens with one attached hydrogen (secondary N) is 2. The second kappa shape index (κ2) is 8.06. The normalized spacial score (nSPS) is 22.2. The van der Waals surface area contributed by atoms with E-state index in [2.05, 4.69) is 25.6 Å². The molecule has 3 aromatic rings. The number of hydrogen-bond donors (Lipinski definition) is 2. The molecule has 0 aliphatic carbocycles. The number of aromatic nitrogens is 5. The van der Waals surface area contributed by atoms with Gasteiger partial charge in [0.25, 0.3) is 0 Å². The number of H-pyrrole nitrogens is 1. The molecule has 2 atom stereocenters. The molecule has 1 amide bonds. The van der Waals surface area contributed by atoms with Gasteiger partial charge in [0.05, 0.1) is 24.6 Å². The van der Waals surface area contributed by atoms with E-state index in [-0.39, 0.29) is 23.8 Å². The van der Waals surface area contributed by atoms with Crippen molar-refractivity contribution >= 4 is 23.2 Å². The molecule has 5 rings (SSSR count). The van der Waals surface area contributed by atoms with Gasteiger partial charge < -0.3 is 24.4 Å². The summed E-state index contributed by atoms with van der Waals surface area (Å²) in [5, 5.41) is 15.0. The molecule has 2 N–H and O–H groups in total. The fourth-order valence-corrected chi connectivity index (χ4v) is 4.09. The summed E-state index contributed by atoms with van der Waals surface area (Å²) in [5.74, 6) is 1.25. The van der Waals surface area contributed by atoms with Crippen molar-refractivity contribution < 1.29 is 19.0 Å². The van der Waals surface area contributed by atoms with E-state index in [1.807, 2.05) is 26.0 Å². The van der Waals surface area contributed by atoms with Gasteiger partial charge in [-0.15, -0.1) is 0 Å². The number of ether oxygens (including phenoxy) is 3. The molecule has 2 fully saturated rings. The highest BCUT2D eigenvalue weighted by Crippen LogP contribution is 2.34. The number of likely N-dealkylation sites (tertiary alicyclic amines) is 1. The minimum atomic E-state index is -0.273. The van der Waals surface area contributed by atoms with Crippen LogP contribution in [0.25, 0.3) is 5.52 Å². The van der Waals surface area contributed by atoms with Crippen LogP contribution in [0.15, 0.2) is 24.5 Å². The Labute approximate surface area is 185 Å². The van der Waals surface area contributed by atoms with Crippen molar-refractivity contribution in [2.75, 3.05) is 25.6 Å². The zero-order chi connectivity index (χ0) is 22.3. The summed E-state index contributed by atoms with van der Waals surface area (Å²) in [5.41, 5.74) is 2.32. The van der Waals surface area contributed by atoms with Crippen LogP contribution in [0.3, 0.4) is 0 Å². The predicted molar refractivity (Wildman–Crippen MR) is 115 cm³/mol. The first-order chi connectivity index (χ1) is 15.4. The van der Waals surface area contributed by atoms with E-state index in [0.29, 0.717) is 31.3 Å². The summed E-state index contributed by atoms with van der Waals surface area (Å²) in [6.45, 7) is 5.62. The van der Waals surface area contributed by atoms with Crippen LogP contribution in [0.2, 0.25) is 0 Å². The molecule has 2 aliphatic heterocycles. The van der Waals surface area contributed by atoms with Crippen LogP contribution in [0.5, 0.6) is 0 Å². The summed E-state index contributed by atoms with van der Waals surface area (Å²) >= 11 is 0. The molecule has 0 spiro atoms. The average Bonchev–Trinajstić information content (AvgIpc) is 3.47. The first-order valence-electron chi connectivity index (χ1n) is 10.7. The van der Waals surface area contributed by atoms with Crippen molar-refractivity contribution in [3.05, 3.63) is 35.9 Å². The molecule has 2 saturated heterocycles. The molecule has 11 nitrogen and oxygen atoms in total. The predicted octanol–water partition coefficient (Wildman–Crippen LogP) is 2.79. The molecule has 170 valence electrons. The zero-order valence-corrected chi connectivity index (χ0v) is 18.4. The van der Waals surface area contributed by atoms with Crippen molar-refractivity contribution in [1.29, 1.82) is 0 Å². The molecule has 2 unspecified atom stereocenters. The van der Waals surface area contributed by atoms with Crippen LogP contribution in [-0.2, 0) is 20.8 Å². The summed E-state index contributed by atoms with van der Waals surface area (Å²) in [4.78, 5) is 18.6. The number of fused-ring (bicyclic) bond motifs is 1. The van der Waals surface area contributed by atoms with Crippen molar-refractivity contribution in [3.63, 3.8) is 0 Å². The summed E-state index contributed by atoms with van der Waals surface area (Å²) in [6, 6.07) is 3.80. The highest BCUT2D eigenvalue weighted by Gasteiger charge is 2.42. The van der Waals surface area contributed by atoms with Crippen LogP contribution < -0.4 is 5.32 Å². The minimum Gasteiger partial charge on any atom is -0.444 e. The Balaban J connectivity index is 1.22. The smallest absolute Gasteiger partial charge is 0.410 e. The second-order valence-electron chi connectivity index (χ2n) is 8.79. The van der Waals surface area contributed by atoms with Gasteiger partial charge in [-0.2, -0.15) is 10.2 Å². The van der Waals surface area contributed by atoms with Crippen LogP contribution >= 0.6 is 0 Å². The number of anilines is 2. The molecule has 0 aromatic carbocycles. The van der Waals surface area contributed by atoms with E-state index in [9.17, 15) is 4.79 Å². The van der Waals surface area contributed by atoms with Gasteiger partial charge in [-0.1, -0.05) is 0 Å². The van der Waals surface area contributed by atoms with Gasteiger partial charge in [-0.25, -0.2) is 14.3 Å². The van der Waals surface area contributed by atoms with E-state index < -0.39 is 0 Å². The second-order valence-corrected chi connectivity index (χ2v) is 8.79. The van der Waals surface area contributed by atoms with Gasteiger partial charge >= 0.3 is 6.09 Å². The van der Waals surface area contributed by atoms with E-state index in [4.69, 9.17) is 14.2 Å². The van der Waals surface area contributed by atoms with Crippen molar-refractivity contribution in [2.24, 2.45) is 0 Å². The minimum absolute atomic E-state index is 0.128. The van der Waals surface area contributed by atoms with Crippen LogP contribution in [0.4, 0.5) is 16.4 Å². The summed E-state index contributed by atoms with van der Waals surface area (Å²) in [7, 11) is 1.63. The Kier molecular flexibility index (Phi) is 5.22. The lowest BCUT2D eigenvalue weighted by atomic mass is 9.90. The van der Waals surface area contributed by atoms with Crippen molar-refractivity contribution in [3.8, 4) is 0 Å². The molecule has 32 heavy (non-hydrogen) atoms. The highest BCUT2D eigenvalue weighted by atomic mass is 16.6. The number of carbonyl (C=O) groups is 1. The molecule has 2 aliphatic rings. The molecule has 3 aromatic heterocycles. The first-order valence-corrected chi connectivity index (χ1v) is 10.7. The fraction of sp³-hybridized carbons (Fsp3) is 0.524. The Hall–Kier alpha value is -3.18. The van der Waals surface area contributed by atoms with Crippen LogP contribution in [-0.4, -0.2) is 67.7 Å². The number of hydrogen-bond acceptors (Lipinski definition) is 8. The van der Waals surface area contributed by atoms with Crippen molar-refractivity contribution in [2.45, 2.75) is 51.0 Å². The number of amides is 1. The highest BCUT2D eigenvalue weighted by molar-refractivity contribution is 5.72. The average molecular weight is 441 g/mol. The first kappa shape index (κ1) is 20.7. The maximum Gasteiger partial charge on any atom is 0.410 e. The fourth-order valence-electron chi connectivity index (χ4n) is 4.09. The van der Waals surface area contributed by atoms with Gasteiger partial charge in [-0.3, -0.25) is 5.10 Å².